The van der Waals surface area contributed by atoms with Crippen LogP contribution in [0, 0.1) is 0 Å². The second-order valence-electron chi connectivity index (χ2n) is 5.18. The lowest BCUT2D eigenvalue weighted by molar-refractivity contribution is 0.177. The van der Waals surface area contributed by atoms with E-state index >= 15 is 0 Å². The van der Waals surface area contributed by atoms with Gasteiger partial charge in [0.15, 0.2) is 2.82 Å². The highest BCUT2D eigenvalue weighted by molar-refractivity contribution is 5.84. The summed E-state index contributed by atoms with van der Waals surface area (Å²) in [6.07, 6.45) is -1.49. The van der Waals surface area contributed by atoms with E-state index in [1.807, 2.05) is 19.0 Å². The van der Waals surface area contributed by atoms with Gasteiger partial charge in [-0.15, -0.1) is 0 Å². The normalized spacial score (nSPS) is 24.1. The van der Waals surface area contributed by atoms with Crippen LogP contribution in [0.3, 0.4) is 0 Å². The summed E-state index contributed by atoms with van der Waals surface area (Å²) in [5, 5.41) is 0.619. The van der Waals surface area contributed by atoms with Crippen LogP contribution in [-0.2, 0) is 17.5 Å². The maximum absolute atomic E-state index is 11.5. The Balaban J connectivity index is 2.23. The van der Waals surface area contributed by atoms with Crippen LogP contribution >= 0.6 is 0 Å². The maximum atomic E-state index is 11.5. The molecule has 0 saturated carbocycles. The van der Waals surface area contributed by atoms with Crippen molar-refractivity contribution in [3.63, 3.8) is 0 Å². The molecule has 0 radical (unpaired) electrons. The summed E-state index contributed by atoms with van der Waals surface area (Å²) in [5.41, 5.74) is 0.309. The fourth-order valence-corrected chi connectivity index (χ4v) is 2.13. The molecule has 2 N–H and O–H groups in total. The second kappa shape index (κ2) is 5.77. The van der Waals surface area contributed by atoms with E-state index in [0.717, 1.165) is 4.98 Å². The number of likely N-dealkylation sites (N-methyl/N-ethyl adjacent to an activating group) is 1. The molecule has 2 aromatic rings. The number of carbonyl (C=O) groups excluding carboxylic acids is 1. The van der Waals surface area contributed by atoms with Crippen molar-refractivity contribution in [3.8, 4) is 0 Å². The summed E-state index contributed by atoms with van der Waals surface area (Å²) in [6.45, 7) is 0.245. The number of H-pyrrole nitrogens is 1. The van der Waals surface area contributed by atoms with Crippen molar-refractivity contribution in [2.24, 2.45) is 0 Å². The van der Waals surface area contributed by atoms with Crippen LogP contribution in [0.25, 0.3) is 10.9 Å². The zero-order valence-electron chi connectivity index (χ0n) is 18.9. The number of ether oxygens (including phenoxy) is 1. The molecule has 2 heterocycles. The zero-order valence-corrected chi connectivity index (χ0v) is 11.9. The minimum absolute atomic E-state index is 0.0739. The molecule has 0 unspecified atom stereocenters. The molecule has 1 atom stereocenters. The third kappa shape index (κ3) is 3.19. The van der Waals surface area contributed by atoms with Gasteiger partial charge < -0.3 is 19.9 Å². The Bertz CT molecular complexity index is 944. The number of amides is 1. The number of nitrogens with one attached hydrogen (secondary N) is 2. The average Bonchev–Trinajstić information content (AvgIpc) is 3.11. The fourth-order valence-electron chi connectivity index (χ4n) is 2.13. The molecule has 3 rings (SSSR count). The third-order valence-electron chi connectivity index (χ3n) is 3.23. The largest absolute Gasteiger partial charge is 0.447 e. The van der Waals surface area contributed by atoms with E-state index < -0.39 is 24.6 Å². The van der Waals surface area contributed by atoms with Gasteiger partial charge in [0.1, 0.15) is 6.61 Å². The second-order valence-corrected chi connectivity index (χ2v) is 5.18. The van der Waals surface area contributed by atoms with Gasteiger partial charge in [-0.05, 0) is 50.1 Å². The summed E-state index contributed by atoms with van der Waals surface area (Å²) in [4.78, 5) is 14.4. The Kier molecular flexibility index (Phi) is 2.16. The number of alkyl carbamates (subject to hydrolysis) is 1. The van der Waals surface area contributed by atoms with Crippen LogP contribution in [-0.4, -0.2) is 49.3 Å². The van der Waals surface area contributed by atoms with E-state index in [1.165, 1.54) is 6.20 Å². The number of benzene rings is 1. The van der Waals surface area contributed by atoms with Crippen LogP contribution in [0.2, 0.25) is 2.82 Å². The molecule has 1 aromatic heterocycles. The van der Waals surface area contributed by atoms with Gasteiger partial charge in [0, 0.05) is 26.4 Å². The Morgan fingerprint density at radius 3 is 3.14 bits per heavy atom. The van der Waals surface area contributed by atoms with Crippen molar-refractivity contribution in [2.45, 2.75) is 18.8 Å². The number of aromatic amines is 1. The third-order valence-corrected chi connectivity index (χ3v) is 3.23. The lowest BCUT2D eigenvalue weighted by atomic mass is 10.0. The Hall–Kier alpha value is -2.01. The van der Waals surface area contributed by atoms with Crippen LogP contribution in [0.1, 0.15) is 18.0 Å². The maximum Gasteiger partial charge on any atom is 0.407 e. The SMILES string of the molecule is [2H]c1c(C([2H])([2H])[C@H]2COC(=O)N2[2H])c([2H])c2c(CCN(C)C)cn([2H])c2c1[2H]. The lowest BCUT2D eigenvalue weighted by Crippen LogP contribution is -2.28. The molecule has 5 heteroatoms. The molecule has 5 nitrogen and oxygen atoms in total. The van der Waals surface area contributed by atoms with Crippen LogP contribution in [0.5, 0.6) is 0 Å². The van der Waals surface area contributed by atoms with E-state index in [4.69, 9.17) is 14.4 Å². The van der Waals surface area contributed by atoms with E-state index in [0.29, 0.717) is 23.8 Å². The Labute approximate surface area is 134 Å². The van der Waals surface area contributed by atoms with E-state index in [1.54, 1.807) is 0 Å². The number of rotatable bonds is 5. The summed E-state index contributed by atoms with van der Waals surface area (Å²) in [6, 6.07) is -2.53. The van der Waals surface area contributed by atoms with E-state index in [2.05, 4.69) is 0 Å². The molecule has 21 heavy (non-hydrogen) atoms. The van der Waals surface area contributed by atoms with Crippen molar-refractivity contribution >= 4 is 17.0 Å². The Morgan fingerprint density at radius 2 is 2.43 bits per heavy atom. The monoisotopic (exact) mass is 294 g/mol. The molecule has 1 aromatic carbocycles. The predicted molar refractivity (Wildman–Crippen MR) is 82.5 cm³/mol. The predicted octanol–water partition coefficient (Wildman–Crippen LogP) is 1.92. The van der Waals surface area contributed by atoms with Gasteiger partial charge in [0.25, 0.3) is 0 Å². The number of hydrogen-bond donors (Lipinski definition) is 2. The van der Waals surface area contributed by atoms with Crippen LogP contribution in [0.15, 0.2) is 24.3 Å². The van der Waals surface area contributed by atoms with Gasteiger partial charge in [-0.3, -0.25) is 0 Å². The van der Waals surface area contributed by atoms with Crippen LogP contribution in [0.4, 0.5) is 4.79 Å². The first-order chi connectivity index (χ1) is 13.0. The number of fused-ring (bicyclic) bond motifs is 1. The van der Waals surface area contributed by atoms with E-state index in [9.17, 15) is 4.79 Å². The van der Waals surface area contributed by atoms with Crippen molar-refractivity contribution < 1.29 is 19.2 Å². The Morgan fingerprint density at radius 1 is 1.57 bits per heavy atom. The quantitative estimate of drug-likeness (QED) is 0.886. The molecule has 1 aliphatic rings. The number of aromatic nitrogens is 1. The van der Waals surface area contributed by atoms with Gasteiger partial charge in [0.05, 0.1) is 10.2 Å². The van der Waals surface area contributed by atoms with Crippen LogP contribution < -0.4 is 5.31 Å². The zero-order chi connectivity index (χ0) is 21.0. The molecule has 0 bridgehead atoms. The number of nitrogens with zero attached hydrogens (tertiary/aromatic N) is 1. The highest BCUT2D eigenvalue weighted by atomic mass is 16.6. The minimum Gasteiger partial charge on any atom is -0.447 e. The van der Waals surface area contributed by atoms with Gasteiger partial charge in [-0.2, -0.15) is 0 Å². The van der Waals surface area contributed by atoms with Crippen molar-refractivity contribution in [1.29, 1.82) is 0 Å². The number of cyclic esters (lactones) is 1. The summed E-state index contributed by atoms with van der Waals surface area (Å²) in [7, 11) is 3.76. The summed E-state index contributed by atoms with van der Waals surface area (Å²) < 4.78 is 62.6. The topological polar surface area (TPSA) is 57.4 Å². The van der Waals surface area contributed by atoms with Crippen molar-refractivity contribution in [2.75, 3.05) is 27.2 Å². The number of carbonyl (C=O) groups is 1. The first-order valence-electron chi connectivity index (χ1n) is 10.1. The first kappa shape index (κ1) is 7.84. The standard InChI is InChI=1S/C16H21N3O2/c1-19(2)6-5-12-9-17-15-4-3-11(8-14(12)15)7-13-10-21-16(20)18-13/h3-4,8-9,13,17H,5-7,10H2,1-2H3,(H,18,20)/t13-/m0/s1/i3D,4D,7D2,8D/hD2. The van der Waals surface area contributed by atoms with E-state index in [-0.39, 0.29) is 35.2 Å². The highest BCUT2D eigenvalue weighted by Crippen LogP contribution is 2.21. The molecular formula is C16H21N3O2. The fraction of sp³-hybridized carbons (Fsp3) is 0.438. The summed E-state index contributed by atoms with van der Waals surface area (Å²) >= 11 is 0. The first-order valence-corrected chi connectivity index (χ1v) is 6.71. The average molecular weight is 294 g/mol. The van der Waals surface area contributed by atoms with Gasteiger partial charge in [-0.25, -0.2) is 4.79 Å². The lowest BCUT2D eigenvalue weighted by Gasteiger charge is -2.09. The summed E-state index contributed by atoms with van der Waals surface area (Å²) in [5.74, 6) is 0. The number of hydrogen-bond acceptors (Lipinski definition) is 3. The molecule has 0 spiro atoms. The van der Waals surface area contributed by atoms with Crippen molar-refractivity contribution in [3.05, 3.63) is 35.5 Å². The van der Waals surface area contributed by atoms with Gasteiger partial charge in [0.2, 0.25) is 0 Å². The minimum atomic E-state index is -2.45. The molecule has 1 amide bonds. The molecular weight excluding hydrogens is 266 g/mol. The molecule has 112 valence electrons. The molecule has 1 saturated heterocycles. The molecule has 1 aliphatic heterocycles. The van der Waals surface area contributed by atoms with Gasteiger partial charge in [-0.1, -0.05) is 6.04 Å². The smallest absolute Gasteiger partial charge is 0.407 e. The molecule has 0 aliphatic carbocycles. The van der Waals surface area contributed by atoms with Gasteiger partial charge >= 0.3 is 6.09 Å². The van der Waals surface area contributed by atoms with Crippen molar-refractivity contribution in [1.82, 2.24) is 15.2 Å². The highest BCUT2D eigenvalue weighted by Gasteiger charge is 2.22. The molecule has 1 fully saturated rings.